The van der Waals surface area contributed by atoms with E-state index < -0.39 is 0 Å². The van der Waals surface area contributed by atoms with Crippen molar-refractivity contribution >= 4 is 17.9 Å². The summed E-state index contributed by atoms with van der Waals surface area (Å²) in [6.07, 6.45) is 45.6. The summed E-state index contributed by atoms with van der Waals surface area (Å²) < 4.78 is 17.2. The van der Waals surface area contributed by atoms with Crippen molar-refractivity contribution in [1.82, 2.24) is 4.90 Å². The molecule has 0 aromatic carbocycles. The first kappa shape index (κ1) is 60.4. The number of unbranched alkanes of at least 4 members (excludes halogenated alkanes) is 20. The topological polar surface area (TPSA) is 82.1 Å². The summed E-state index contributed by atoms with van der Waals surface area (Å²) in [5.74, 6) is 1.51. The highest BCUT2D eigenvalue weighted by atomic mass is 16.5. The third-order valence-electron chi connectivity index (χ3n) is 13.0. The van der Waals surface area contributed by atoms with E-state index in [1.54, 1.807) is 0 Å². The van der Waals surface area contributed by atoms with E-state index in [0.29, 0.717) is 32.5 Å². The Morgan fingerprint density at radius 1 is 0.355 bits per heavy atom. The van der Waals surface area contributed by atoms with Crippen molar-refractivity contribution < 1.29 is 28.6 Å². The fraction of sp³-hybridized carbons (Fsp3) is 0.945. The number of hydrogen-bond donors (Lipinski definition) is 0. The second kappa shape index (κ2) is 47.3. The molecule has 0 aliphatic heterocycles. The molecule has 0 heterocycles. The standard InChI is InChI=1S/C55H107NO6/c1-7-11-25-36-50(37-26-12-8-2)40-34-48-60-53(57)44-31-23-19-15-17-21-29-42-52(62-55(59)46-33-47-56(5)6)43-30-22-18-16-20-24-32-45-54(58)61-49-35-41-51(38-27-13-9-3)39-28-14-10-4/h50-52H,7-49H2,1-6H3. The monoisotopic (exact) mass is 878 g/mol. The van der Waals surface area contributed by atoms with Crippen LogP contribution in [0.4, 0.5) is 0 Å². The molecular weight excluding hydrogens is 771 g/mol. The highest BCUT2D eigenvalue weighted by Crippen LogP contribution is 2.24. The van der Waals surface area contributed by atoms with Gasteiger partial charge in [0.15, 0.2) is 0 Å². The van der Waals surface area contributed by atoms with Crippen LogP contribution in [0.2, 0.25) is 0 Å². The molecule has 7 heteroatoms. The Labute approximate surface area is 386 Å². The zero-order valence-electron chi connectivity index (χ0n) is 42.5. The van der Waals surface area contributed by atoms with E-state index in [2.05, 4.69) is 32.6 Å². The number of rotatable bonds is 49. The third-order valence-corrected chi connectivity index (χ3v) is 13.0. The van der Waals surface area contributed by atoms with Crippen molar-refractivity contribution in [2.24, 2.45) is 11.8 Å². The first-order valence-corrected chi connectivity index (χ1v) is 27.4. The molecule has 0 saturated heterocycles. The second-order valence-corrected chi connectivity index (χ2v) is 19.5. The molecule has 0 spiro atoms. The van der Waals surface area contributed by atoms with Gasteiger partial charge in [-0.1, -0.05) is 195 Å². The number of esters is 3. The summed E-state index contributed by atoms with van der Waals surface area (Å²) in [5.41, 5.74) is 0. The second-order valence-electron chi connectivity index (χ2n) is 19.5. The van der Waals surface area contributed by atoms with Crippen LogP contribution in [0, 0.1) is 11.8 Å². The number of hydrogen-bond acceptors (Lipinski definition) is 7. The molecule has 0 aliphatic rings. The van der Waals surface area contributed by atoms with Gasteiger partial charge in [0.25, 0.3) is 0 Å². The van der Waals surface area contributed by atoms with Crippen LogP contribution in [-0.4, -0.2) is 62.8 Å². The third kappa shape index (κ3) is 43.6. The Morgan fingerprint density at radius 2 is 0.661 bits per heavy atom. The van der Waals surface area contributed by atoms with Gasteiger partial charge < -0.3 is 19.1 Å². The predicted octanol–water partition coefficient (Wildman–Crippen LogP) is 16.5. The van der Waals surface area contributed by atoms with E-state index in [-0.39, 0.29) is 24.0 Å². The van der Waals surface area contributed by atoms with Crippen LogP contribution in [0.5, 0.6) is 0 Å². The van der Waals surface area contributed by atoms with E-state index in [1.165, 1.54) is 154 Å². The SMILES string of the molecule is CCCCCC(CCCCC)CCCOC(=O)CCCCCCCCCC(CCCCCCCCCC(=O)OCCCC(CCCCC)CCCCC)OC(=O)CCCN(C)C. The van der Waals surface area contributed by atoms with E-state index in [9.17, 15) is 14.4 Å². The lowest BCUT2D eigenvalue weighted by molar-refractivity contribution is -0.150. The highest BCUT2D eigenvalue weighted by Gasteiger charge is 2.15. The summed E-state index contributed by atoms with van der Waals surface area (Å²) in [7, 11) is 4.08. The van der Waals surface area contributed by atoms with E-state index >= 15 is 0 Å². The molecule has 0 aromatic rings. The molecule has 0 rings (SSSR count). The molecular formula is C55H107NO6. The minimum Gasteiger partial charge on any atom is -0.466 e. The van der Waals surface area contributed by atoms with Crippen molar-refractivity contribution in [3.63, 3.8) is 0 Å². The molecule has 0 radical (unpaired) electrons. The van der Waals surface area contributed by atoms with E-state index in [0.717, 1.165) is 102 Å². The van der Waals surface area contributed by atoms with Crippen LogP contribution in [0.25, 0.3) is 0 Å². The summed E-state index contributed by atoms with van der Waals surface area (Å²) in [6.45, 7) is 11.2. The lowest BCUT2D eigenvalue weighted by Gasteiger charge is -2.18. The van der Waals surface area contributed by atoms with E-state index in [4.69, 9.17) is 14.2 Å². The van der Waals surface area contributed by atoms with Gasteiger partial charge in [0.05, 0.1) is 13.2 Å². The van der Waals surface area contributed by atoms with Crippen molar-refractivity contribution in [2.75, 3.05) is 33.9 Å². The molecule has 0 N–H and O–H groups in total. The Morgan fingerprint density at radius 3 is 1.02 bits per heavy atom. The number of carbonyl (C=O) groups is 3. The van der Waals surface area contributed by atoms with Gasteiger partial charge in [0.1, 0.15) is 6.10 Å². The Kier molecular flexibility index (Phi) is 46.1. The quantitative estimate of drug-likeness (QED) is 0.0342. The van der Waals surface area contributed by atoms with Crippen LogP contribution in [0.15, 0.2) is 0 Å². The summed E-state index contributed by atoms with van der Waals surface area (Å²) in [4.78, 5) is 39.4. The van der Waals surface area contributed by atoms with Crippen molar-refractivity contribution in [1.29, 1.82) is 0 Å². The average molecular weight is 878 g/mol. The fourth-order valence-electron chi connectivity index (χ4n) is 8.96. The molecule has 0 bridgehead atoms. The van der Waals surface area contributed by atoms with Gasteiger partial charge in [0, 0.05) is 19.3 Å². The molecule has 0 atom stereocenters. The largest absolute Gasteiger partial charge is 0.466 e. The highest BCUT2D eigenvalue weighted by molar-refractivity contribution is 5.70. The molecule has 0 saturated carbocycles. The molecule has 7 nitrogen and oxygen atoms in total. The van der Waals surface area contributed by atoms with Crippen molar-refractivity contribution in [3.05, 3.63) is 0 Å². The van der Waals surface area contributed by atoms with Crippen LogP contribution < -0.4 is 0 Å². The van der Waals surface area contributed by atoms with Gasteiger partial charge >= 0.3 is 17.9 Å². The zero-order valence-corrected chi connectivity index (χ0v) is 42.5. The van der Waals surface area contributed by atoms with Crippen molar-refractivity contribution in [2.45, 2.75) is 291 Å². The maximum absolute atomic E-state index is 12.7. The fourth-order valence-corrected chi connectivity index (χ4v) is 8.96. The smallest absolute Gasteiger partial charge is 0.306 e. The molecule has 0 amide bonds. The maximum Gasteiger partial charge on any atom is 0.306 e. The van der Waals surface area contributed by atoms with Crippen LogP contribution in [0.1, 0.15) is 285 Å². The van der Waals surface area contributed by atoms with Gasteiger partial charge in [-0.3, -0.25) is 14.4 Å². The molecule has 62 heavy (non-hydrogen) atoms. The molecule has 0 unspecified atom stereocenters. The van der Waals surface area contributed by atoms with Gasteiger partial charge in [-0.2, -0.15) is 0 Å². The Hall–Kier alpha value is -1.63. The minimum atomic E-state index is -0.0445. The van der Waals surface area contributed by atoms with Gasteiger partial charge in [-0.05, 0) is 103 Å². The van der Waals surface area contributed by atoms with Crippen LogP contribution >= 0.6 is 0 Å². The maximum atomic E-state index is 12.7. The van der Waals surface area contributed by atoms with Gasteiger partial charge in [0.2, 0.25) is 0 Å². The molecule has 0 aromatic heterocycles. The first-order chi connectivity index (χ1) is 30.2. The predicted molar refractivity (Wildman–Crippen MR) is 265 cm³/mol. The molecule has 0 aliphatic carbocycles. The summed E-state index contributed by atoms with van der Waals surface area (Å²) >= 11 is 0. The summed E-state index contributed by atoms with van der Waals surface area (Å²) in [5, 5.41) is 0. The van der Waals surface area contributed by atoms with Crippen LogP contribution in [-0.2, 0) is 28.6 Å². The number of nitrogens with zero attached hydrogens (tertiary/aromatic N) is 1. The number of carbonyl (C=O) groups excluding carboxylic acids is 3. The van der Waals surface area contributed by atoms with Crippen LogP contribution in [0.3, 0.4) is 0 Å². The molecule has 368 valence electrons. The van der Waals surface area contributed by atoms with E-state index in [1.807, 2.05) is 14.1 Å². The zero-order chi connectivity index (χ0) is 45.6. The lowest BCUT2D eigenvalue weighted by Crippen LogP contribution is -2.20. The van der Waals surface area contributed by atoms with Crippen molar-refractivity contribution in [3.8, 4) is 0 Å². The average Bonchev–Trinajstić information content (AvgIpc) is 3.24. The Balaban J connectivity index is 4.18. The lowest BCUT2D eigenvalue weighted by atomic mass is 9.91. The first-order valence-electron chi connectivity index (χ1n) is 27.4. The number of ether oxygens (including phenoxy) is 3. The van der Waals surface area contributed by atoms with Gasteiger partial charge in [-0.15, -0.1) is 0 Å². The normalized spacial score (nSPS) is 11.7. The minimum absolute atomic E-state index is 0.0188. The van der Waals surface area contributed by atoms with Gasteiger partial charge in [-0.25, -0.2) is 0 Å². The summed E-state index contributed by atoms with van der Waals surface area (Å²) in [6, 6.07) is 0. The molecule has 0 fully saturated rings. The Bertz CT molecular complexity index is 889.